The highest BCUT2D eigenvalue weighted by molar-refractivity contribution is 5.87. The Bertz CT molecular complexity index is 756. The number of aryl methyl sites for hydroxylation is 2. The Balaban J connectivity index is 2.28. The van der Waals surface area contributed by atoms with Crippen molar-refractivity contribution in [1.29, 1.82) is 5.26 Å². The van der Waals surface area contributed by atoms with Crippen LogP contribution >= 0.6 is 0 Å². The number of nitriles is 1. The first-order valence-electron chi connectivity index (χ1n) is 5.51. The molecule has 1 N–H and O–H groups in total. The normalized spacial score (nSPS) is 10.7. The first kappa shape index (κ1) is 10.5. The molecule has 0 radical (unpaired) electrons. The molecular formula is C13H10N4O. The van der Waals surface area contributed by atoms with E-state index in [0.717, 1.165) is 28.0 Å². The van der Waals surface area contributed by atoms with Crippen LogP contribution in [0.25, 0.3) is 22.2 Å². The minimum Gasteiger partial charge on any atom is -0.361 e. The van der Waals surface area contributed by atoms with Gasteiger partial charge in [-0.1, -0.05) is 5.16 Å². The summed E-state index contributed by atoms with van der Waals surface area (Å²) in [5.74, 6) is 0.752. The molecule has 0 fully saturated rings. The number of nitrogens with zero attached hydrogens (tertiary/aromatic N) is 3. The number of hydrogen-bond donors (Lipinski definition) is 1. The molecule has 0 amide bonds. The summed E-state index contributed by atoms with van der Waals surface area (Å²) in [6.45, 7) is 3.75. The number of aromatic nitrogens is 3. The molecule has 0 bridgehead atoms. The second-order valence-corrected chi connectivity index (χ2v) is 4.13. The fourth-order valence-corrected chi connectivity index (χ4v) is 2.13. The van der Waals surface area contributed by atoms with Crippen LogP contribution in [-0.2, 0) is 0 Å². The van der Waals surface area contributed by atoms with Gasteiger partial charge in [-0.25, -0.2) is 4.98 Å². The van der Waals surface area contributed by atoms with Crippen LogP contribution in [0.15, 0.2) is 23.0 Å². The molecule has 3 rings (SSSR count). The van der Waals surface area contributed by atoms with E-state index in [4.69, 9.17) is 9.78 Å². The topological polar surface area (TPSA) is 78.5 Å². The maximum absolute atomic E-state index is 9.03. The minimum absolute atomic E-state index is 0.589. The van der Waals surface area contributed by atoms with E-state index in [1.54, 1.807) is 12.4 Å². The summed E-state index contributed by atoms with van der Waals surface area (Å²) < 4.78 is 5.15. The summed E-state index contributed by atoms with van der Waals surface area (Å²) in [6.07, 6.45) is 3.42. The van der Waals surface area contributed by atoms with Crippen molar-refractivity contribution in [3.05, 3.63) is 35.5 Å². The van der Waals surface area contributed by atoms with Gasteiger partial charge < -0.3 is 9.51 Å². The lowest BCUT2D eigenvalue weighted by Gasteiger charge is -2.00. The van der Waals surface area contributed by atoms with Crippen LogP contribution < -0.4 is 0 Å². The van der Waals surface area contributed by atoms with Crippen LogP contribution in [0.5, 0.6) is 0 Å². The van der Waals surface area contributed by atoms with Crippen LogP contribution in [0.3, 0.4) is 0 Å². The van der Waals surface area contributed by atoms with E-state index in [2.05, 4.69) is 21.2 Å². The van der Waals surface area contributed by atoms with Gasteiger partial charge in [-0.3, -0.25) is 0 Å². The van der Waals surface area contributed by atoms with E-state index in [9.17, 15) is 0 Å². The number of fused-ring (bicyclic) bond motifs is 1. The average Bonchev–Trinajstić information content (AvgIpc) is 2.92. The molecule has 5 heteroatoms. The van der Waals surface area contributed by atoms with Crippen LogP contribution in [0.2, 0.25) is 0 Å². The van der Waals surface area contributed by atoms with Gasteiger partial charge in [0.1, 0.15) is 17.5 Å². The van der Waals surface area contributed by atoms with Crippen molar-refractivity contribution in [3.8, 4) is 17.2 Å². The van der Waals surface area contributed by atoms with Crippen molar-refractivity contribution in [1.82, 2.24) is 15.1 Å². The lowest BCUT2D eigenvalue weighted by molar-refractivity contribution is 0.393. The van der Waals surface area contributed by atoms with Gasteiger partial charge in [0.15, 0.2) is 0 Å². The lowest BCUT2D eigenvalue weighted by atomic mass is 10.0. The van der Waals surface area contributed by atoms with Crippen LogP contribution in [0.1, 0.15) is 17.0 Å². The Morgan fingerprint density at radius 1 is 1.39 bits per heavy atom. The Morgan fingerprint density at radius 2 is 2.22 bits per heavy atom. The van der Waals surface area contributed by atoms with Crippen LogP contribution in [-0.4, -0.2) is 15.1 Å². The molecule has 0 aliphatic carbocycles. The molecule has 18 heavy (non-hydrogen) atoms. The molecular weight excluding hydrogens is 228 g/mol. The van der Waals surface area contributed by atoms with Crippen molar-refractivity contribution >= 4 is 11.0 Å². The molecule has 0 aliphatic rings. The third-order valence-electron chi connectivity index (χ3n) is 2.97. The summed E-state index contributed by atoms with van der Waals surface area (Å²) in [5, 5.41) is 13.8. The Morgan fingerprint density at radius 3 is 2.89 bits per heavy atom. The zero-order valence-electron chi connectivity index (χ0n) is 9.98. The number of nitrogens with one attached hydrogen (secondary N) is 1. The third kappa shape index (κ3) is 1.39. The zero-order chi connectivity index (χ0) is 12.7. The van der Waals surface area contributed by atoms with Gasteiger partial charge in [-0.05, 0) is 19.9 Å². The van der Waals surface area contributed by atoms with Gasteiger partial charge in [0.25, 0.3) is 0 Å². The van der Waals surface area contributed by atoms with Crippen molar-refractivity contribution in [2.45, 2.75) is 13.8 Å². The van der Waals surface area contributed by atoms with Gasteiger partial charge in [0, 0.05) is 28.9 Å². The molecule has 0 unspecified atom stereocenters. The number of pyridine rings is 1. The van der Waals surface area contributed by atoms with Gasteiger partial charge >= 0.3 is 0 Å². The molecule has 5 nitrogen and oxygen atoms in total. The Hall–Kier alpha value is -2.61. The fraction of sp³-hybridized carbons (Fsp3) is 0.154. The monoisotopic (exact) mass is 238 g/mol. The van der Waals surface area contributed by atoms with Gasteiger partial charge in [0.05, 0.1) is 11.3 Å². The van der Waals surface area contributed by atoms with Crippen molar-refractivity contribution < 1.29 is 4.52 Å². The van der Waals surface area contributed by atoms with E-state index in [1.807, 2.05) is 19.9 Å². The molecule has 0 aliphatic heterocycles. The summed E-state index contributed by atoms with van der Waals surface area (Å²) in [4.78, 5) is 7.28. The molecule has 0 spiro atoms. The molecule has 0 saturated carbocycles. The molecule has 3 aromatic heterocycles. The highest BCUT2D eigenvalue weighted by Gasteiger charge is 2.13. The molecule has 0 atom stereocenters. The van der Waals surface area contributed by atoms with E-state index >= 15 is 0 Å². The molecule has 3 aromatic rings. The quantitative estimate of drug-likeness (QED) is 0.706. The number of rotatable bonds is 1. The SMILES string of the molecule is Cc1noc(C)c1-c1cnc2[nH]cc(C#N)c2c1. The standard InChI is InChI=1S/C13H10N4O/c1-7-12(8(2)18-17-7)9-3-11-10(4-14)6-16-13(11)15-5-9/h3,5-6H,1-2H3,(H,15,16). The van der Waals surface area contributed by atoms with Gasteiger partial charge in [0.2, 0.25) is 0 Å². The number of aromatic amines is 1. The first-order valence-corrected chi connectivity index (χ1v) is 5.51. The Labute approximate surface area is 103 Å². The third-order valence-corrected chi connectivity index (χ3v) is 2.97. The fourth-order valence-electron chi connectivity index (χ4n) is 2.13. The van der Waals surface area contributed by atoms with Gasteiger partial charge in [-0.15, -0.1) is 0 Å². The lowest BCUT2D eigenvalue weighted by Crippen LogP contribution is -1.85. The average molecular weight is 238 g/mol. The van der Waals surface area contributed by atoms with E-state index in [-0.39, 0.29) is 0 Å². The van der Waals surface area contributed by atoms with E-state index in [0.29, 0.717) is 11.2 Å². The second-order valence-electron chi connectivity index (χ2n) is 4.13. The highest BCUT2D eigenvalue weighted by atomic mass is 16.5. The summed E-state index contributed by atoms with van der Waals surface area (Å²) in [7, 11) is 0. The zero-order valence-corrected chi connectivity index (χ0v) is 9.98. The van der Waals surface area contributed by atoms with Crippen molar-refractivity contribution in [2.24, 2.45) is 0 Å². The van der Waals surface area contributed by atoms with Gasteiger partial charge in [-0.2, -0.15) is 5.26 Å². The number of hydrogen-bond acceptors (Lipinski definition) is 4. The first-order chi connectivity index (χ1) is 8.70. The molecule has 3 heterocycles. The molecule has 88 valence electrons. The molecule has 0 saturated heterocycles. The van der Waals surface area contributed by atoms with Crippen molar-refractivity contribution in [2.75, 3.05) is 0 Å². The largest absolute Gasteiger partial charge is 0.361 e. The minimum atomic E-state index is 0.589. The number of H-pyrrole nitrogens is 1. The smallest absolute Gasteiger partial charge is 0.141 e. The predicted molar refractivity (Wildman–Crippen MR) is 65.8 cm³/mol. The summed E-state index contributed by atoms with van der Waals surface area (Å²) in [5.41, 5.74) is 3.97. The van der Waals surface area contributed by atoms with Crippen LogP contribution in [0, 0.1) is 25.2 Å². The summed E-state index contributed by atoms with van der Waals surface area (Å²) >= 11 is 0. The second kappa shape index (κ2) is 3.70. The summed E-state index contributed by atoms with van der Waals surface area (Å²) in [6, 6.07) is 4.08. The van der Waals surface area contributed by atoms with E-state index < -0.39 is 0 Å². The van der Waals surface area contributed by atoms with E-state index in [1.165, 1.54) is 0 Å². The predicted octanol–water partition coefficient (Wildman–Crippen LogP) is 2.71. The highest BCUT2D eigenvalue weighted by Crippen LogP contribution is 2.29. The van der Waals surface area contributed by atoms with Crippen LogP contribution in [0.4, 0.5) is 0 Å². The van der Waals surface area contributed by atoms with Crippen molar-refractivity contribution in [3.63, 3.8) is 0 Å². The molecule has 0 aromatic carbocycles. The maximum Gasteiger partial charge on any atom is 0.141 e. The Kier molecular flexibility index (Phi) is 2.17. The maximum atomic E-state index is 9.03.